The van der Waals surface area contributed by atoms with Gasteiger partial charge in [0.25, 0.3) is 0 Å². The van der Waals surface area contributed by atoms with Crippen LogP contribution in [0.5, 0.6) is 0 Å². The highest BCUT2D eigenvalue weighted by molar-refractivity contribution is 5.76. The summed E-state index contributed by atoms with van der Waals surface area (Å²) >= 11 is 0. The van der Waals surface area contributed by atoms with Crippen molar-refractivity contribution in [2.45, 2.75) is 45.3 Å². The summed E-state index contributed by atoms with van der Waals surface area (Å²) < 4.78 is 25.4. The molecule has 4 rings (SSSR count). The normalized spacial score (nSPS) is 22.2. The summed E-state index contributed by atoms with van der Waals surface area (Å²) in [5.41, 5.74) is 0.888. The molecular weight excluding hydrogens is 434 g/mol. The molecule has 0 unspecified atom stereocenters. The first-order valence-corrected chi connectivity index (χ1v) is 10.1. The molecule has 0 radical (unpaired) electrons. The highest BCUT2D eigenvalue weighted by Crippen LogP contribution is 2.36. The van der Waals surface area contributed by atoms with Gasteiger partial charge >= 0.3 is 23.7 Å². The van der Waals surface area contributed by atoms with Crippen LogP contribution in [0.15, 0.2) is 43.2 Å². The zero-order valence-corrected chi connectivity index (χ0v) is 18.2. The second kappa shape index (κ2) is 9.28. The van der Waals surface area contributed by atoms with Crippen LogP contribution in [-0.4, -0.2) is 62.3 Å². The van der Waals surface area contributed by atoms with Gasteiger partial charge in [0.05, 0.1) is 18.7 Å². The zero-order chi connectivity index (χ0) is 23.5. The van der Waals surface area contributed by atoms with Gasteiger partial charge in [0.2, 0.25) is 11.8 Å². The number of hydrogen-bond donors (Lipinski definition) is 0. The number of fused-ring (bicyclic) bond motifs is 1. The van der Waals surface area contributed by atoms with Gasteiger partial charge in [-0.1, -0.05) is 6.07 Å². The largest absolute Gasteiger partial charge is 0.463 e. The van der Waals surface area contributed by atoms with E-state index >= 15 is 0 Å². The van der Waals surface area contributed by atoms with Crippen molar-refractivity contribution in [1.29, 1.82) is 0 Å². The fraction of sp³-hybridized carbons (Fsp3) is 0.381. The third-order valence-corrected chi connectivity index (χ3v) is 4.91. The Morgan fingerprint density at radius 2 is 1.67 bits per heavy atom. The average Bonchev–Trinajstić information content (AvgIpc) is 3.34. The van der Waals surface area contributed by atoms with Gasteiger partial charge in [0.1, 0.15) is 12.7 Å². The van der Waals surface area contributed by atoms with Crippen molar-refractivity contribution in [2.24, 2.45) is 0 Å². The van der Waals surface area contributed by atoms with Crippen LogP contribution in [0.4, 0.5) is 0 Å². The maximum Gasteiger partial charge on any atom is 0.359 e. The molecule has 0 bridgehead atoms. The Kier molecular flexibility index (Phi) is 6.27. The van der Waals surface area contributed by atoms with Crippen molar-refractivity contribution in [2.75, 3.05) is 6.61 Å². The molecular formula is C21H22N5O7+. The molecule has 12 nitrogen and oxygen atoms in total. The number of esters is 3. The minimum Gasteiger partial charge on any atom is -0.463 e. The highest BCUT2D eigenvalue weighted by atomic mass is 16.7. The number of hydrogen-bond acceptors (Lipinski definition) is 10. The molecule has 1 aliphatic rings. The number of rotatable bonds is 6. The Morgan fingerprint density at radius 1 is 0.970 bits per heavy atom. The minimum absolute atomic E-state index is 0.200. The molecule has 3 aromatic heterocycles. The van der Waals surface area contributed by atoms with Crippen LogP contribution in [0.1, 0.15) is 27.0 Å². The first kappa shape index (κ1) is 22.3. The molecule has 0 N–H and O–H groups in total. The third-order valence-electron chi connectivity index (χ3n) is 4.91. The number of ether oxygens (including phenoxy) is 4. The lowest BCUT2D eigenvalue weighted by molar-refractivity contribution is -0.598. The molecule has 0 amide bonds. The second-order valence-electron chi connectivity index (χ2n) is 7.32. The Bertz CT molecular complexity index is 1180. The summed E-state index contributed by atoms with van der Waals surface area (Å²) in [5.74, 6) is -1.19. The van der Waals surface area contributed by atoms with Crippen LogP contribution >= 0.6 is 0 Å². The number of carbonyl (C=O) groups excluding carboxylic acids is 3. The first-order chi connectivity index (χ1) is 15.8. The molecule has 1 aliphatic heterocycles. The van der Waals surface area contributed by atoms with Crippen LogP contribution in [0.2, 0.25) is 0 Å². The van der Waals surface area contributed by atoms with Gasteiger partial charge in [-0.2, -0.15) is 4.98 Å². The Morgan fingerprint density at radius 3 is 2.33 bits per heavy atom. The maximum absolute atomic E-state index is 11.9. The Hall–Kier alpha value is -3.93. The van der Waals surface area contributed by atoms with Crippen LogP contribution in [0, 0.1) is 0 Å². The number of pyridine rings is 1. The van der Waals surface area contributed by atoms with Gasteiger partial charge in [-0.05, 0) is 17.1 Å². The molecule has 33 heavy (non-hydrogen) atoms. The number of imidazole rings is 1. The highest BCUT2D eigenvalue weighted by Gasteiger charge is 2.51. The quantitative estimate of drug-likeness (QED) is 0.292. The number of carbonyl (C=O) groups is 3. The van der Waals surface area contributed by atoms with E-state index in [1.54, 1.807) is 9.13 Å². The van der Waals surface area contributed by atoms with Crippen LogP contribution in [0.3, 0.4) is 0 Å². The van der Waals surface area contributed by atoms with Crippen LogP contribution in [-0.2, 0) is 33.3 Å². The monoisotopic (exact) mass is 456 g/mol. The first-order valence-electron chi connectivity index (χ1n) is 10.1. The summed E-state index contributed by atoms with van der Waals surface area (Å²) in [4.78, 5) is 48.1. The van der Waals surface area contributed by atoms with Crippen LogP contribution < -0.4 is 4.57 Å². The summed E-state index contributed by atoms with van der Waals surface area (Å²) in [7, 11) is 0. The third kappa shape index (κ3) is 4.65. The molecule has 1 saturated heterocycles. The lowest BCUT2D eigenvalue weighted by Gasteiger charge is -2.23. The van der Waals surface area contributed by atoms with Crippen molar-refractivity contribution in [3.8, 4) is 5.82 Å². The zero-order valence-electron chi connectivity index (χ0n) is 18.2. The van der Waals surface area contributed by atoms with Gasteiger partial charge in [-0.3, -0.25) is 19.0 Å². The summed E-state index contributed by atoms with van der Waals surface area (Å²) in [6.07, 6.45) is 2.62. The predicted molar refractivity (Wildman–Crippen MR) is 109 cm³/mol. The van der Waals surface area contributed by atoms with Gasteiger partial charge in [-0.25, -0.2) is 9.55 Å². The van der Waals surface area contributed by atoms with Gasteiger partial charge < -0.3 is 18.9 Å². The summed E-state index contributed by atoms with van der Waals surface area (Å²) in [6, 6.07) is 5.58. The molecule has 4 heterocycles. The van der Waals surface area contributed by atoms with E-state index in [0.717, 1.165) is 0 Å². The SMILES string of the molecule is CC(=O)OC[C@H]1O[C@@H](n2cnc3c(-[n+]4ccccc4)ncnc32)[C@H](OC(C)=O)[C@@H]1OC(C)=O. The van der Waals surface area contributed by atoms with Gasteiger partial charge in [0, 0.05) is 20.8 Å². The molecule has 0 aromatic carbocycles. The summed E-state index contributed by atoms with van der Waals surface area (Å²) in [5, 5.41) is 0. The smallest absolute Gasteiger partial charge is 0.359 e. The molecule has 0 aliphatic carbocycles. The van der Waals surface area contributed by atoms with Crippen molar-refractivity contribution >= 4 is 29.1 Å². The van der Waals surface area contributed by atoms with E-state index < -0.39 is 42.4 Å². The molecule has 0 spiro atoms. The minimum atomic E-state index is -1.04. The van der Waals surface area contributed by atoms with Crippen molar-refractivity contribution < 1.29 is 37.9 Å². The second-order valence-corrected chi connectivity index (χ2v) is 7.32. The number of nitrogens with zero attached hydrogens (tertiary/aromatic N) is 5. The maximum atomic E-state index is 11.9. The Labute approximate surface area is 188 Å². The van der Waals surface area contributed by atoms with E-state index in [2.05, 4.69) is 15.0 Å². The van der Waals surface area contributed by atoms with Gasteiger partial charge in [0.15, 0.2) is 24.1 Å². The Balaban J connectivity index is 1.76. The molecule has 0 saturated carbocycles. The molecule has 12 heteroatoms. The van der Waals surface area contributed by atoms with Crippen molar-refractivity contribution in [1.82, 2.24) is 19.5 Å². The van der Waals surface area contributed by atoms with E-state index in [0.29, 0.717) is 17.0 Å². The average molecular weight is 456 g/mol. The lowest BCUT2D eigenvalue weighted by Crippen LogP contribution is -2.40. The fourth-order valence-electron chi connectivity index (χ4n) is 3.67. The van der Waals surface area contributed by atoms with Crippen LogP contribution in [0.25, 0.3) is 17.0 Å². The molecule has 3 aromatic rings. The van der Waals surface area contributed by atoms with E-state index in [1.165, 1.54) is 33.4 Å². The van der Waals surface area contributed by atoms with Crippen molar-refractivity contribution in [3.63, 3.8) is 0 Å². The van der Waals surface area contributed by atoms with Crippen molar-refractivity contribution in [3.05, 3.63) is 43.2 Å². The molecule has 172 valence electrons. The van der Waals surface area contributed by atoms with E-state index in [1.807, 2.05) is 30.6 Å². The predicted octanol–water partition coefficient (Wildman–Crippen LogP) is 0.427. The topological polar surface area (TPSA) is 136 Å². The fourth-order valence-corrected chi connectivity index (χ4v) is 3.67. The molecule has 4 atom stereocenters. The van der Waals surface area contributed by atoms with E-state index in [9.17, 15) is 14.4 Å². The number of aromatic nitrogens is 5. The van der Waals surface area contributed by atoms with E-state index in [4.69, 9.17) is 18.9 Å². The summed E-state index contributed by atoms with van der Waals surface area (Å²) in [6.45, 7) is 3.51. The standard InChI is InChI=1S/C21H22N5O7/c1-12(27)30-9-15-17(31-13(2)28)18(32-14(3)29)21(33-15)26-11-24-16-19(22-10-23-20(16)26)25-7-5-4-6-8-25/h4-8,10-11,15,17-18,21H,9H2,1-3H3/q+1/t15-,17-,18-,21-/m1/s1. The van der Waals surface area contributed by atoms with Gasteiger partial charge in [-0.15, -0.1) is 0 Å². The lowest BCUT2D eigenvalue weighted by atomic mass is 10.1. The molecule has 1 fully saturated rings. The van der Waals surface area contributed by atoms with E-state index in [-0.39, 0.29) is 6.61 Å².